The van der Waals surface area contributed by atoms with Gasteiger partial charge in [-0.3, -0.25) is 23.9 Å². The Kier molecular flexibility index (Phi) is 9.31. The van der Waals surface area contributed by atoms with Gasteiger partial charge < -0.3 is 16.0 Å². The lowest BCUT2D eigenvalue weighted by atomic mass is 9.96. The van der Waals surface area contributed by atoms with E-state index in [1.54, 1.807) is 17.0 Å². The summed E-state index contributed by atoms with van der Waals surface area (Å²) in [6.45, 7) is 0.511. The molecule has 0 saturated carbocycles. The molecule has 0 atom stereocenters. The number of benzene rings is 3. The van der Waals surface area contributed by atoms with Gasteiger partial charge in [-0.05, 0) is 67.4 Å². The number of para-hydroxylation sites is 1. The lowest BCUT2D eigenvalue weighted by molar-refractivity contribution is -0.133. The zero-order chi connectivity index (χ0) is 29.7. The fraction of sp³-hybridized carbons (Fsp3) is 0.214. The summed E-state index contributed by atoms with van der Waals surface area (Å²) in [6.07, 6.45) is 0.957. The van der Waals surface area contributed by atoms with Crippen molar-refractivity contribution in [2.45, 2.75) is 17.7 Å². The van der Waals surface area contributed by atoms with E-state index in [-0.39, 0.29) is 56.6 Å². The number of amides is 3. The molecule has 1 heterocycles. The summed E-state index contributed by atoms with van der Waals surface area (Å²) in [5, 5.41) is 3.01. The monoisotopic (exact) mass is 616 g/mol. The molecule has 0 bridgehead atoms. The average molecular weight is 618 g/mol. The summed E-state index contributed by atoms with van der Waals surface area (Å²) in [5.74, 6) is -1.99. The van der Waals surface area contributed by atoms with Crippen molar-refractivity contribution in [3.05, 3.63) is 93.5 Å². The predicted octanol–water partition coefficient (Wildman–Crippen LogP) is 3.48. The van der Waals surface area contributed by atoms with E-state index >= 15 is 0 Å². The van der Waals surface area contributed by atoms with Crippen LogP contribution in [0, 0.1) is 5.92 Å². The Labute approximate surface area is 246 Å². The van der Waals surface area contributed by atoms with Gasteiger partial charge in [-0.1, -0.05) is 35.3 Å². The Bertz CT molecular complexity index is 1600. The van der Waals surface area contributed by atoms with Crippen LogP contribution < -0.4 is 15.8 Å². The van der Waals surface area contributed by atoms with E-state index in [4.69, 9.17) is 28.9 Å². The van der Waals surface area contributed by atoms with Crippen molar-refractivity contribution in [1.29, 1.82) is 0 Å². The van der Waals surface area contributed by atoms with E-state index in [1.165, 1.54) is 54.6 Å². The number of nitrogens with zero attached hydrogens (tertiary/aromatic N) is 1. The first-order valence-electron chi connectivity index (χ1n) is 12.5. The first-order valence-corrected chi connectivity index (χ1v) is 14.8. The van der Waals surface area contributed by atoms with Crippen molar-refractivity contribution >= 4 is 62.4 Å². The third kappa shape index (κ3) is 7.24. The number of nitrogens with two attached hydrogens (primary N) is 1. The second kappa shape index (κ2) is 12.7. The van der Waals surface area contributed by atoms with Gasteiger partial charge in [0.2, 0.25) is 11.8 Å². The molecule has 3 aromatic rings. The van der Waals surface area contributed by atoms with Gasteiger partial charge >= 0.3 is 0 Å². The highest BCUT2D eigenvalue weighted by Gasteiger charge is 2.26. The van der Waals surface area contributed by atoms with E-state index in [1.807, 2.05) is 0 Å². The van der Waals surface area contributed by atoms with Crippen LogP contribution in [-0.2, 0) is 19.6 Å². The minimum absolute atomic E-state index is 0.0451. The maximum absolute atomic E-state index is 13.1. The Balaban J connectivity index is 1.40. The number of hydrogen-bond donors (Lipinski definition) is 3. The van der Waals surface area contributed by atoms with E-state index in [9.17, 15) is 27.6 Å². The summed E-state index contributed by atoms with van der Waals surface area (Å²) in [4.78, 5) is 50.9. The van der Waals surface area contributed by atoms with Gasteiger partial charge in [0, 0.05) is 40.7 Å². The van der Waals surface area contributed by atoms with Crippen molar-refractivity contribution in [2.24, 2.45) is 11.7 Å². The molecule has 13 heteroatoms. The summed E-state index contributed by atoms with van der Waals surface area (Å²) >= 11 is 12.1. The molecule has 1 saturated heterocycles. The summed E-state index contributed by atoms with van der Waals surface area (Å²) in [7, 11) is -4.14. The highest BCUT2D eigenvalue weighted by molar-refractivity contribution is 7.92. The molecule has 0 aliphatic carbocycles. The number of primary amides is 1. The number of carbonyl (C=O) groups is 4. The molecule has 0 spiro atoms. The SMILES string of the molecule is NC(=O)C1CCN(C(=O)CNC(=O)c2ccc(S(=O)(=O)Nc3ccccc3C(=O)c3ccc(Cl)cc3Cl)cc2)CC1. The average Bonchev–Trinajstić information content (AvgIpc) is 2.95. The van der Waals surface area contributed by atoms with Crippen LogP contribution in [0.15, 0.2) is 71.6 Å². The van der Waals surface area contributed by atoms with Crippen molar-refractivity contribution in [3.8, 4) is 0 Å². The lowest BCUT2D eigenvalue weighted by Gasteiger charge is -2.30. The standard InChI is InChI=1S/C28H26Cl2N4O6S/c29-19-7-10-21(23(30)15-19)26(36)22-3-1-2-4-24(22)33-41(39,40)20-8-5-18(6-9-20)28(38)32-16-25(35)34-13-11-17(12-14-34)27(31)37/h1-10,15,17,33H,11-14,16H2,(H2,31,37)(H,32,38). The van der Waals surface area contributed by atoms with Crippen LogP contribution in [0.3, 0.4) is 0 Å². The quantitative estimate of drug-likeness (QED) is 0.312. The fourth-order valence-electron chi connectivity index (χ4n) is 4.36. The Morgan fingerprint density at radius 2 is 1.56 bits per heavy atom. The molecular weight excluding hydrogens is 591 g/mol. The first kappa shape index (κ1) is 30.0. The van der Waals surface area contributed by atoms with E-state index in [0.29, 0.717) is 31.0 Å². The van der Waals surface area contributed by atoms with Gasteiger partial charge in [-0.25, -0.2) is 8.42 Å². The number of halogens is 2. The Morgan fingerprint density at radius 1 is 0.902 bits per heavy atom. The second-order valence-electron chi connectivity index (χ2n) is 9.37. The van der Waals surface area contributed by atoms with Gasteiger partial charge in [0.15, 0.2) is 5.78 Å². The zero-order valence-electron chi connectivity index (χ0n) is 21.6. The minimum atomic E-state index is -4.14. The zero-order valence-corrected chi connectivity index (χ0v) is 23.9. The van der Waals surface area contributed by atoms with E-state index < -0.39 is 21.7 Å². The fourth-order valence-corrected chi connectivity index (χ4v) is 5.94. The first-order chi connectivity index (χ1) is 19.5. The number of nitrogens with one attached hydrogen (secondary N) is 2. The molecule has 3 amide bonds. The second-order valence-corrected chi connectivity index (χ2v) is 11.9. The molecule has 0 radical (unpaired) electrons. The van der Waals surface area contributed by atoms with Crippen LogP contribution in [0.2, 0.25) is 10.0 Å². The maximum Gasteiger partial charge on any atom is 0.261 e. The number of likely N-dealkylation sites (tertiary alicyclic amines) is 1. The number of piperidine rings is 1. The Morgan fingerprint density at radius 3 is 2.20 bits per heavy atom. The van der Waals surface area contributed by atoms with E-state index in [0.717, 1.165) is 0 Å². The number of sulfonamides is 1. The smallest absolute Gasteiger partial charge is 0.261 e. The molecule has 0 unspecified atom stereocenters. The van der Waals surface area contributed by atoms with Crippen LogP contribution in [0.4, 0.5) is 5.69 Å². The molecule has 1 aliphatic heterocycles. The van der Waals surface area contributed by atoms with E-state index in [2.05, 4.69) is 10.0 Å². The highest BCUT2D eigenvalue weighted by atomic mass is 35.5. The van der Waals surface area contributed by atoms with Gasteiger partial charge in [0.25, 0.3) is 15.9 Å². The van der Waals surface area contributed by atoms with Crippen LogP contribution in [0.5, 0.6) is 0 Å². The van der Waals surface area contributed by atoms with Crippen LogP contribution in [-0.4, -0.2) is 56.5 Å². The molecule has 214 valence electrons. The van der Waals surface area contributed by atoms with Crippen LogP contribution in [0.1, 0.15) is 39.1 Å². The number of rotatable bonds is 9. The lowest BCUT2D eigenvalue weighted by Crippen LogP contribution is -2.45. The number of anilines is 1. The summed E-state index contributed by atoms with van der Waals surface area (Å²) in [6, 6.07) is 15.6. The third-order valence-corrected chi connectivity index (χ3v) is 8.60. The number of carbonyl (C=O) groups excluding carboxylic acids is 4. The summed E-state index contributed by atoms with van der Waals surface area (Å²) < 4.78 is 28.7. The Hall–Kier alpha value is -3.93. The topological polar surface area (TPSA) is 156 Å². The van der Waals surface area contributed by atoms with Crippen molar-refractivity contribution in [3.63, 3.8) is 0 Å². The minimum Gasteiger partial charge on any atom is -0.369 e. The number of ketones is 1. The van der Waals surface area contributed by atoms with Crippen LogP contribution >= 0.6 is 23.2 Å². The van der Waals surface area contributed by atoms with Gasteiger partial charge in [0.1, 0.15) is 0 Å². The van der Waals surface area contributed by atoms with Gasteiger partial charge in [-0.2, -0.15) is 0 Å². The molecule has 0 aromatic heterocycles. The predicted molar refractivity (Wildman–Crippen MR) is 154 cm³/mol. The number of hydrogen-bond acceptors (Lipinski definition) is 6. The maximum atomic E-state index is 13.1. The molecule has 4 N–H and O–H groups in total. The molecule has 10 nitrogen and oxygen atoms in total. The highest BCUT2D eigenvalue weighted by Crippen LogP contribution is 2.28. The van der Waals surface area contributed by atoms with Gasteiger partial charge in [-0.15, -0.1) is 0 Å². The molecule has 1 fully saturated rings. The molecule has 41 heavy (non-hydrogen) atoms. The normalized spacial score (nSPS) is 13.9. The molecular formula is C28H26Cl2N4O6S. The van der Waals surface area contributed by atoms with Gasteiger partial charge in [0.05, 0.1) is 22.2 Å². The summed E-state index contributed by atoms with van der Waals surface area (Å²) in [5.41, 5.74) is 5.75. The molecule has 4 rings (SSSR count). The molecule has 3 aromatic carbocycles. The third-order valence-electron chi connectivity index (χ3n) is 6.67. The van der Waals surface area contributed by atoms with Crippen molar-refractivity contribution in [1.82, 2.24) is 10.2 Å². The van der Waals surface area contributed by atoms with Crippen molar-refractivity contribution < 1.29 is 27.6 Å². The van der Waals surface area contributed by atoms with Crippen molar-refractivity contribution in [2.75, 3.05) is 24.4 Å². The molecule has 1 aliphatic rings. The largest absolute Gasteiger partial charge is 0.369 e. The van der Waals surface area contributed by atoms with Crippen LogP contribution in [0.25, 0.3) is 0 Å².